The Labute approximate surface area is 258 Å². The molecule has 5 N–H and O–H groups in total. The van der Waals surface area contributed by atoms with Crippen molar-refractivity contribution in [2.75, 3.05) is 13.2 Å². The Morgan fingerprint density at radius 1 is 0.977 bits per heavy atom. The number of rotatable bonds is 3. The van der Waals surface area contributed by atoms with Crippen LogP contribution in [0.2, 0.25) is 0 Å². The molecule has 0 aromatic heterocycles. The van der Waals surface area contributed by atoms with Crippen molar-refractivity contribution in [3.8, 4) is 0 Å². The predicted molar refractivity (Wildman–Crippen MR) is 165 cm³/mol. The van der Waals surface area contributed by atoms with E-state index in [1.807, 2.05) is 13.0 Å². The number of hydrogen-bond acceptors (Lipinski definition) is 6. The maximum absolute atomic E-state index is 14.8. The van der Waals surface area contributed by atoms with E-state index in [2.05, 4.69) is 46.8 Å². The van der Waals surface area contributed by atoms with Gasteiger partial charge in [-0.15, -0.1) is 0 Å². The van der Waals surface area contributed by atoms with Crippen LogP contribution in [0.1, 0.15) is 106 Å². The van der Waals surface area contributed by atoms with Crippen molar-refractivity contribution in [3.63, 3.8) is 0 Å². The van der Waals surface area contributed by atoms with Gasteiger partial charge in [-0.2, -0.15) is 0 Å². The highest BCUT2D eigenvalue weighted by molar-refractivity contribution is 5.95. The third kappa shape index (κ3) is 3.22. The molecule has 7 aliphatic carbocycles. The second-order valence-electron chi connectivity index (χ2n) is 18.2. The monoisotopic (exact) mass is 596 g/mol. The van der Waals surface area contributed by atoms with E-state index >= 15 is 0 Å². The Balaban J connectivity index is 1.43. The van der Waals surface area contributed by atoms with Gasteiger partial charge in [0.2, 0.25) is 0 Å². The van der Waals surface area contributed by atoms with Crippen LogP contribution >= 0.6 is 0 Å². The summed E-state index contributed by atoms with van der Waals surface area (Å²) in [5, 5.41) is 57.1. The predicted octanol–water partition coefficient (Wildman–Crippen LogP) is 4.96. The van der Waals surface area contributed by atoms with Gasteiger partial charge in [-0.25, -0.2) is 0 Å². The smallest absolute Gasteiger partial charge is 0.159 e. The molecule has 5 fully saturated rings. The van der Waals surface area contributed by atoms with Gasteiger partial charge in [0, 0.05) is 16.7 Å². The van der Waals surface area contributed by atoms with Gasteiger partial charge in [-0.3, -0.25) is 4.79 Å². The average molecular weight is 597 g/mol. The van der Waals surface area contributed by atoms with Crippen LogP contribution in [0.5, 0.6) is 0 Å². The Bertz CT molecular complexity index is 1280. The van der Waals surface area contributed by atoms with E-state index in [4.69, 9.17) is 0 Å². The number of carbonyl (C=O) groups is 1. The van der Waals surface area contributed by atoms with Gasteiger partial charge in [-0.05, 0) is 109 Å². The Morgan fingerprint density at radius 2 is 1.70 bits per heavy atom. The minimum atomic E-state index is -1.17. The van der Waals surface area contributed by atoms with Gasteiger partial charge in [0.05, 0.1) is 31.0 Å². The third-order valence-corrected chi connectivity index (χ3v) is 16.3. The van der Waals surface area contributed by atoms with Crippen molar-refractivity contribution in [3.05, 3.63) is 23.8 Å². The van der Waals surface area contributed by atoms with Gasteiger partial charge in [0.25, 0.3) is 0 Å². The zero-order chi connectivity index (χ0) is 31.2. The fourth-order valence-electron chi connectivity index (χ4n) is 14.6. The zero-order valence-corrected chi connectivity index (χ0v) is 27.3. The highest BCUT2D eigenvalue weighted by Gasteiger charge is 2.79. The molecule has 0 saturated heterocycles. The number of carbonyl (C=O) groups excluding carboxylic acids is 1. The summed E-state index contributed by atoms with van der Waals surface area (Å²) >= 11 is 0. The summed E-state index contributed by atoms with van der Waals surface area (Å²) in [5.74, 6) is -0.0522. The van der Waals surface area contributed by atoms with Crippen LogP contribution in [0.15, 0.2) is 23.8 Å². The molecule has 43 heavy (non-hydrogen) atoms. The average Bonchev–Trinajstić information content (AvgIpc) is 3.33. The van der Waals surface area contributed by atoms with E-state index in [0.717, 1.165) is 44.9 Å². The summed E-state index contributed by atoms with van der Waals surface area (Å²) in [6, 6.07) is 0. The van der Waals surface area contributed by atoms with E-state index in [1.54, 1.807) is 0 Å². The first-order valence-corrected chi connectivity index (χ1v) is 17.2. The SMILES string of the molecule is CC1(C)C[C@@H]2C3=CC(=O)[C@@H]4[C@@]5(C)CC[C@H](O)[C@@](C)([C@H](O)CO)[C@H]5CC[C@@]4(C)[C@]3(C)C[C@@]3(O)C=C[C@H]4CCC[C@@]4(C1)[C@@]23CO. The van der Waals surface area contributed by atoms with Gasteiger partial charge in [-0.1, -0.05) is 65.7 Å². The lowest BCUT2D eigenvalue weighted by Crippen LogP contribution is -2.76. The molecule has 0 aliphatic heterocycles. The molecular formula is C37H56O6. The third-order valence-electron chi connectivity index (χ3n) is 16.3. The zero-order valence-electron chi connectivity index (χ0n) is 27.3. The number of aliphatic hydroxyl groups is 5. The molecule has 5 saturated carbocycles. The molecule has 0 aromatic carbocycles. The van der Waals surface area contributed by atoms with Gasteiger partial charge in [0.1, 0.15) is 0 Å². The standard InChI is InChI=1S/C37H56O6/c1-30(2)17-24-23-16-25(40)29-31(3)13-11-27(41)34(6,28(42)18-38)26(31)10-14-32(29,4)33(23,5)20-36(43)15-9-22-8-7-12-35(22,19-30)37(24,36)21-39/h9,15-16,22,24,26-29,38-39,41-43H,7-8,10-14,17-21H2,1-6H3/t22-,24-,26+,27+,28-,29-,31+,32-,33-,34+,35+,36+,37-/m1/s1. The Morgan fingerprint density at radius 3 is 2.37 bits per heavy atom. The Kier molecular flexibility index (Phi) is 6.29. The van der Waals surface area contributed by atoms with Crippen molar-refractivity contribution in [2.24, 2.45) is 61.6 Å². The number of aliphatic hydroxyl groups excluding tert-OH is 4. The first-order valence-electron chi connectivity index (χ1n) is 17.2. The summed E-state index contributed by atoms with van der Waals surface area (Å²) in [5.41, 5.74) is -3.18. The molecule has 0 heterocycles. The molecule has 7 rings (SSSR count). The van der Waals surface area contributed by atoms with Crippen molar-refractivity contribution in [1.29, 1.82) is 0 Å². The van der Waals surface area contributed by atoms with Crippen molar-refractivity contribution in [1.82, 2.24) is 0 Å². The highest BCUT2D eigenvalue weighted by Crippen LogP contribution is 2.82. The lowest BCUT2D eigenvalue weighted by atomic mass is 9.28. The fraction of sp³-hybridized carbons (Fsp3) is 0.865. The number of ketones is 1. The van der Waals surface area contributed by atoms with E-state index in [-0.39, 0.29) is 41.0 Å². The first kappa shape index (κ1) is 30.6. The molecule has 0 amide bonds. The summed E-state index contributed by atoms with van der Waals surface area (Å²) in [6.07, 6.45) is 12.7. The summed E-state index contributed by atoms with van der Waals surface area (Å²) in [4.78, 5) is 14.8. The van der Waals surface area contributed by atoms with Crippen LogP contribution < -0.4 is 0 Å². The number of allylic oxidation sites excluding steroid dienone is 3. The van der Waals surface area contributed by atoms with E-state index in [0.29, 0.717) is 25.2 Å². The lowest BCUT2D eigenvalue weighted by Gasteiger charge is -2.76. The maximum Gasteiger partial charge on any atom is 0.159 e. The first-order chi connectivity index (χ1) is 20.0. The topological polar surface area (TPSA) is 118 Å². The molecule has 0 radical (unpaired) electrons. The largest absolute Gasteiger partial charge is 0.396 e. The highest BCUT2D eigenvalue weighted by atomic mass is 16.3. The van der Waals surface area contributed by atoms with Crippen molar-refractivity contribution < 1.29 is 30.3 Å². The van der Waals surface area contributed by atoms with Crippen molar-refractivity contribution in [2.45, 2.75) is 124 Å². The Hall–Kier alpha value is -1.05. The molecule has 6 heteroatoms. The molecule has 6 nitrogen and oxygen atoms in total. The van der Waals surface area contributed by atoms with Crippen LogP contribution in [0, 0.1) is 61.6 Å². The van der Waals surface area contributed by atoms with E-state index in [1.165, 1.54) is 5.57 Å². The van der Waals surface area contributed by atoms with Crippen LogP contribution in [-0.4, -0.2) is 62.3 Å². The lowest BCUT2D eigenvalue weighted by molar-refractivity contribution is -0.279. The number of hydrogen-bond donors (Lipinski definition) is 5. The maximum atomic E-state index is 14.8. The summed E-state index contributed by atoms with van der Waals surface area (Å²) < 4.78 is 0. The summed E-state index contributed by atoms with van der Waals surface area (Å²) in [6.45, 7) is 12.9. The summed E-state index contributed by atoms with van der Waals surface area (Å²) in [7, 11) is 0. The normalized spacial score (nSPS) is 57.0. The molecule has 240 valence electrons. The molecule has 0 bridgehead atoms. The van der Waals surface area contributed by atoms with Crippen LogP contribution in [0.25, 0.3) is 0 Å². The molecule has 0 aromatic rings. The quantitative estimate of drug-likeness (QED) is 0.294. The van der Waals surface area contributed by atoms with Crippen LogP contribution in [0.3, 0.4) is 0 Å². The molecule has 7 aliphatic rings. The van der Waals surface area contributed by atoms with Gasteiger partial charge < -0.3 is 25.5 Å². The minimum Gasteiger partial charge on any atom is -0.396 e. The molecule has 1 spiro atoms. The van der Waals surface area contributed by atoms with Crippen LogP contribution in [-0.2, 0) is 4.79 Å². The van der Waals surface area contributed by atoms with Crippen molar-refractivity contribution >= 4 is 5.78 Å². The van der Waals surface area contributed by atoms with E-state index in [9.17, 15) is 30.3 Å². The van der Waals surface area contributed by atoms with Gasteiger partial charge in [0.15, 0.2) is 5.78 Å². The fourth-order valence-corrected chi connectivity index (χ4v) is 14.6. The molecular weight excluding hydrogens is 540 g/mol. The minimum absolute atomic E-state index is 0.0172. The van der Waals surface area contributed by atoms with Gasteiger partial charge >= 0.3 is 0 Å². The van der Waals surface area contributed by atoms with E-state index < -0.39 is 51.5 Å². The second kappa shape index (κ2) is 8.85. The number of fused-ring (bicyclic) bond motifs is 6. The molecule has 13 atom stereocenters. The second-order valence-corrected chi connectivity index (χ2v) is 18.2. The van der Waals surface area contributed by atoms with Crippen LogP contribution in [0.4, 0.5) is 0 Å². The molecule has 0 unspecified atom stereocenters.